The number of aromatic nitrogens is 1. The Morgan fingerprint density at radius 2 is 2.00 bits per heavy atom. The van der Waals surface area contributed by atoms with E-state index in [1.54, 1.807) is 25.3 Å². The van der Waals surface area contributed by atoms with Crippen molar-refractivity contribution in [3.63, 3.8) is 0 Å². The number of rotatable bonds is 5. The van der Waals surface area contributed by atoms with E-state index >= 15 is 0 Å². The lowest BCUT2D eigenvalue weighted by Gasteiger charge is -2.13. The normalized spacial score (nSPS) is 9.90. The third-order valence-electron chi connectivity index (χ3n) is 2.73. The van der Waals surface area contributed by atoms with Gasteiger partial charge in [0.1, 0.15) is 11.5 Å². The number of ether oxygens (including phenoxy) is 2. The number of carboxylic acids is 1. The van der Waals surface area contributed by atoms with E-state index in [9.17, 15) is 4.79 Å². The fourth-order valence-electron chi connectivity index (χ4n) is 1.73. The summed E-state index contributed by atoms with van der Waals surface area (Å²) in [6.45, 7) is 0. The predicted molar refractivity (Wildman–Crippen MR) is 74.0 cm³/mol. The number of anilines is 2. The van der Waals surface area contributed by atoms with E-state index in [0.717, 1.165) is 0 Å². The second-order valence-corrected chi connectivity index (χ2v) is 3.92. The van der Waals surface area contributed by atoms with Crippen LogP contribution in [0.4, 0.5) is 11.4 Å². The predicted octanol–water partition coefficient (Wildman–Crippen LogP) is 2.54. The van der Waals surface area contributed by atoms with Gasteiger partial charge in [-0.15, -0.1) is 0 Å². The lowest BCUT2D eigenvalue weighted by atomic mass is 10.2. The minimum absolute atomic E-state index is 0.137. The smallest absolute Gasteiger partial charge is 0.337 e. The van der Waals surface area contributed by atoms with Gasteiger partial charge in [-0.3, -0.25) is 4.98 Å². The molecule has 0 unspecified atom stereocenters. The third kappa shape index (κ3) is 2.80. The van der Waals surface area contributed by atoms with Crippen molar-refractivity contribution < 1.29 is 19.4 Å². The lowest BCUT2D eigenvalue weighted by molar-refractivity contribution is 0.0698. The van der Waals surface area contributed by atoms with Gasteiger partial charge in [-0.05, 0) is 18.2 Å². The maximum atomic E-state index is 11.1. The van der Waals surface area contributed by atoms with Gasteiger partial charge in [-0.25, -0.2) is 4.79 Å². The molecule has 0 radical (unpaired) electrons. The number of nitrogens with one attached hydrogen (secondary N) is 1. The van der Waals surface area contributed by atoms with Gasteiger partial charge in [0, 0.05) is 12.3 Å². The number of carbonyl (C=O) groups is 1. The van der Waals surface area contributed by atoms with Crippen LogP contribution in [-0.2, 0) is 0 Å². The topological polar surface area (TPSA) is 80.7 Å². The monoisotopic (exact) mass is 274 g/mol. The molecular formula is C14H14N2O4. The first-order valence-electron chi connectivity index (χ1n) is 5.82. The van der Waals surface area contributed by atoms with Crippen LogP contribution >= 0.6 is 0 Å². The molecule has 0 aliphatic carbocycles. The van der Waals surface area contributed by atoms with Gasteiger partial charge in [0.15, 0.2) is 0 Å². The molecule has 0 saturated heterocycles. The summed E-state index contributed by atoms with van der Waals surface area (Å²) in [6, 6.07) is 6.64. The Bertz CT molecular complexity index is 628. The zero-order chi connectivity index (χ0) is 14.5. The number of pyridine rings is 1. The van der Waals surface area contributed by atoms with E-state index in [-0.39, 0.29) is 5.56 Å². The highest BCUT2D eigenvalue weighted by atomic mass is 16.5. The maximum Gasteiger partial charge on any atom is 0.337 e. The Balaban J connectivity index is 2.37. The second kappa shape index (κ2) is 5.92. The van der Waals surface area contributed by atoms with Crippen molar-refractivity contribution in [2.75, 3.05) is 19.5 Å². The molecule has 2 aromatic rings. The van der Waals surface area contributed by atoms with Crippen molar-refractivity contribution in [1.29, 1.82) is 0 Å². The van der Waals surface area contributed by atoms with E-state index in [4.69, 9.17) is 14.6 Å². The molecule has 0 fully saturated rings. The van der Waals surface area contributed by atoms with Crippen molar-refractivity contribution >= 4 is 17.3 Å². The summed E-state index contributed by atoms with van der Waals surface area (Å²) >= 11 is 0. The highest BCUT2D eigenvalue weighted by Crippen LogP contribution is 2.32. The molecule has 0 spiro atoms. The average Bonchev–Trinajstić information content (AvgIpc) is 2.48. The standard InChI is InChI=1S/C14H14N2O4/c1-19-9-3-4-11(13(7-9)20-2)16-12-8-15-6-5-10(12)14(17)18/h3-8,16H,1-2H3,(H,17,18). The Labute approximate surface area is 116 Å². The summed E-state index contributed by atoms with van der Waals surface area (Å²) in [4.78, 5) is 15.1. The Morgan fingerprint density at radius 1 is 1.20 bits per heavy atom. The Morgan fingerprint density at radius 3 is 2.65 bits per heavy atom. The summed E-state index contributed by atoms with van der Waals surface area (Å²) in [7, 11) is 3.09. The van der Waals surface area contributed by atoms with Crippen molar-refractivity contribution in [1.82, 2.24) is 4.98 Å². The van der Waals surface area contributed by atoms with Gasteiger partial charge in [0.05, 0.1) is 37.4 Å². The molecule has 0 bridgehead atoms. The molecule has 6 nitrogen and oxygen atoms in total. The lowest BCUT2D eigenvalue weighted by Crippen LogP contribution is -2.04. The fraction of sp³-hybridized carbons (Fsp3) is 0.143. The van der Waals surface area contributed by atoms with E-state index in [1.165, 1.54) is 25.6 Å². The molecule has 0 aliphatic rings. The molecule has 104 valence electrons. The third-order valence-corrected chi connectivity index (χ3v) is 2.73. The zero-order valence-corrected chi connectivity index (χ0v) is 11.1. The fourth-order valence-corrected chi connectivity index (χ4v) is 1.73. The number of carboxylic acid groups (broad SMARTS) is 1. The highest BCUT2D eigenvalue weighted by Gasteiger charge is 2.12. The Kier molecular flexibility index (Phi) is 4.05. The van der Waals surface area contributed by atoms with Crippen molar-refractivity contribution in [3.05, 3.63) is 42.2 Å². The summed E-state index contributed by atoms with van der Waals surface area (Å²) in [5, 5.41) is 12.1. The Hall–Kier alpha value is -2.76. The van der Waals surface area contributed by atoms with Crippen molar-refractivity contribution in [2.24, 2.45) is 0 Å². The average molecular weight is 274 g/mol. The molecule has 1 aromatic heterocycles. The van der Waals surface area contributed by atoms with Crippen LogP contribution in [0.25, 0.3) is 0 Å². The van der Waals surface area contributed by atoms with Crippen LogP contribution in [-0.4, -0.2) is 30.3 Å². The first-order chi connectivity index (χ1) is 9.65. The maximum absolute atomic E-state index is 11.1. The van der Waals surface area contributed by atoms with E-state index in [2.05, 4.69) is 10.3 Å². The van der Waals surface area contributed by atoms with Gasteiger partial charge in [0.25, 0.3) is 0 Å². The van der Waals surface area contributed by atoms with Crippen LogP contribution in [0.5, 0.6) is 11.5 Å². The SMILES string of the molecule is COc1ccc(Nc2cnccc2C(=O)O)c(OC)c1. The molecule has 0 atom stereocenters. The van der Waals surface area contributed by atoms with Gasteiger partial charge in [0.2, 0.25) is 0 Å². The van der Waals surface area contributed by atoms with Crippen LogP contribution in [0.2, 0.25) is 0 Å². The molecule has 6 heteroatoms. The minimum Gasteiger partial charge on any atom is -0.497 e. The van der Waals surface area contributed by atoms with E-state index in [0.29, 0.717) is 22.9 Å². The van der Waals surface area contributed by atoms with Crippen LogP contribution in [0, 0.1) is 0 Å². The first-order valence-corrected chi connectivity index (χ1v) is 5.82. The number of aromatic carboxylic acids is 1. The largest absolute Gasteiger partial charge is 0.497 e. The molecule has 0 saturated carbocycles. The summed E-state index contributed by atoms with van der Waals surface area (Å²) in [5.41, 5.74) is 1.16. The number of nitrogens with zero attached hydrogens (tertiary/aromatic N) is 1. The minimum atomic E-state index is -1.03. The van der Waals surface area contributed by atoms with E-state index in [1.807, 2.05) is 0 Å². The molecule has 2 rings (SSSR count). The first kappa shape index (κ1) is 13.7. The van der Waals surface area contributed by atoms with Crippen LogP contribution in [0.1, 0.15) is 10.4 Å². The second-order valence-electron chi connectivity index (χ2n) is 3.92. The van der Waals surface area contributed by atoms with Crippen molar-refractivity contribution in [3.8, 4) is 11.5 Å². The number of benzene rings is 1. The highest BCUT2D eigenvalue weighted by molar-refractivity contribution is 5.95. The quantitative estimate of drug-likeness (QED) is 0.872. The summed E-state index contributed by atoms with van der Waals surface area (Å²) < 4.78 is 10.4. The number of methoxy groups -OCH3 is 2. The van der Waals surface area contributed by atoms with Gasteiger partial charge in [-0.2, -0.15) is 0 Å². The zero-order valence-electron chi connectivity index (χ0n) is 11.1. The summed E-state index contributed by atoms with van der Waals surface area (Å²) in [6.07, 6.45) is 2.88. The summed E-state index contributed by atoms with van der Waals surface area (Å²) in [5.74, 6) is 0.170. The van der Waals surface area contributed by atoms with Crippen molar-refractivity contribution in [2.45, 2.75) is 0 Å². The molecule has 0 aliphatic heterocycles. The van der Waals surface area contributed by atoms with Crippen LogP contribution < -0.4 is 14.8 Å². The van der Waals surface area contributed by atoms with Gasteiger partial charge >= 0.3 is 5.97 Å². The van der Waals surface area contributed by atoms with E-state index < -0.39 is 5.97 Å². The molecule has 2 N–H and O–H groups in total. The number of hydrogen-bond donors (Lipinski definition) is 2. The molecular weight excluding hydrogens is 260 g/mol. The molecule has 20 heavy (non-hydrogen) atoms. The van der Waals surface area contributed by atoms with Gasteiger partial charge in [-0.1, -0.05) is 0 Å². The van der Waals surface area contributed by atoms with Crippen LogP contribution in [0.3, 0.4) is 0 Å². The van der Waals surface area contributed by atoms with Crippen LogP contribution in [0.15, 0.2) is 36.7 Å². The molecule has 1 aromatic carbocycles. The molecule has 0 amide bonds. The van der Waals surface area contributed by atoms with Gasteiger partial charge < -0.3 is 19.9 Å². The number of hydrogen-bond acceptors (Lipinski definition) is 5. The molecule has 1 heterocycles.